The number of nitrogens with zero attached hydrogens (tertiary/aromatic N) is 2. The number of hydrogen-bond acceptors (Lipinski definition) is 3. The quantitative estimate of drug-likeness (QED) is 0.892. The summed E-state index contributed by atoms with van der Waals surface area (Å²) in [4.78, 5) is 6.61. The van der Waals surface area contributed by atoms with Crippen molar-refractivity contribution in [1.29, 1.82) is 0 Å². The number of likely N-dealkylation sites (N-methyl/N-ethyl adjacent to an activating group) is 2. The van der Waals surface area contributed by atoms with Crippen LogP contribution in [0.2, 0.25) is 0 Å². The minimum absolute atomic E-state index is 0.963. The van der Waals surface area contributed by atoms with Crippen molar-refractivity contribution in [2.24, 2.45) is 0 Å². The molecule has 0 bridgehead atoms. The average molecular weight is 258 g/mol. The molecule has 1 rings (SSSR count). The zero-order chi connectivity index (χ0) is 10.6. The van der Waals surface area contributed by atoms with Crippen molar-refractivity contribution < 1.29 is 0 Å². The Bertz CT molecular complexity index is 301. The third-order valence-electron chi connectivity index (χ3n) is 2.09. The first-order valence-electron chi connectivity index (χ1n) is 4.64. The van der Waals surface area contributed by atoms with E-state index in [1.807, 2.05) is 33.2 Å². The lowest BCUT2D eigenvalue weighted by Crippen LogP contribution is -2.27. The molecule has 0 aliphatic carbocycles. The van der Waals surface area contributed by atoms with Gasteiger partial charge in [0.25, 0.3) is 0 Å². The molecule has 0 fully saturated rings. The van der Waals surface area contributed by atoms with E-state index >= 15 is 0 Å². The van der Waals surface area contributed by atoms with E-state index in [1.54, 1.807) is 0 Å². The Morgan fingerprint density at radius 2 is 2.21 bits per heavy atom. The lowest BCUT2D eigenvalue weighted by molar-refractivity contribution is 0.760. The highest BCUT2D eigenvalue weighted by Crippen LogP contribution is 2.17. The topological polar surface area (TPSA) is 28.2 Å². The van der Waals surface area contributed by atoms with Gasteiger partial charge in [0.15, 0.2) is 0 Å². The van der Waals surface area contributed by atoms with Gasteiger partial charge in [-0.1, -0.05) is 0 Å². The summed E-state index contributed by atoms with van der Waals surface area (Å²) >= 11 is 3.44. The van der Waals surface area contributed by atoms with Gasteiger partial charge in [0, 0.05) is 24.6 Å². The second kappa shape index (κ2) is 5.32. The van der Waals surface area contributed by atoms with Crippen LogP contribution in [-0.2, 0) is 0 Å². The standard InChI is InChI=1S/C10H16BrN3/c1-8-9(11)4-5-10(13-8)14(3)7-6-12-2/h4-5,12H,6-7H2,1-3H3. The van der Waals surface area contributed by atoms with Crippen LogP contribution in [0.25, 0.3) is 0 Å². The maximum Gasteiger partial charge on any atom is 0.128 e. The largest absolute Gasteiger partial charge is 0.358 e. The van der Waals surface area contributed by atoms with Crippen LogP contribution in [0, 0.1) is 6.92 Å². The van der Waals surface area contributed by atoms with Gasteiger partial charge in [-0.15, -0.1) is 0 Å². The van der Waals surface area contributed by atoms with Crippen molar-refractivity contribution in [2.75, 3.05) is 32.1 Å². The highest BCUT2D eigenvalue weighted by molar-refractivity contribution is 9.10. The number of anilines is 1. The number of hydrogen-bond donors (Lipinski definition) is 1. The molecule has 0 radical (unpaired) electrons. The molecule has 4 heteroatoms. The molecule has 0 saturated carbocycles. The Morgan fingerprint density at radius 3 is 2.79 bits per heavy atom. The molecule has 0 amide bonds. The third-order valence-corrected chi connectivity index (χ3v) is 2.93. The van der Waals surface area contributed by atoms with E-state index < -0.39 is 0 Å². The Morgan fingerprint density at radius 1 is 1.50 bits per heavy atom. The number of nitrogens with one attached hydrogen (secondary N) is 1. The van der Waals surface area contributed by atoms with Crippen LogP contribution in [0.15, 0.2) is 16.6 Å². The van der Waals surface area contributed by atoms with Crippen LogP contribution < -0.4 is 10.2 Å². The van der Waals surface area contributed by atoms with Gasteiger partial charge >= 0.3 is 0 Å². The predicted molar refractivity (Wildman–Crippen MR) is 63.9 cm³/mol. The number of pyridine rings is 1. The van der Waals surface area contributed by atoms with Crippen LogP contribution in [0.1, 0.15) is 5.69 Å². The number of halogens is 1. The van der Waals surface area contributed by atoms with E-state index in [1.165, 1.54) is 0 Å². The molecule has 0 spiro atoms. The van der Waals surface area contributed by atoms with E-state index in [2.05, 4.69) is 31.1 Å². The maximum atomic E-state index is 4.48. The number of aryl methyl sites for hydroxylation is 1. The van der Waals surface area contributed by atoms with Crippen LogP contribution in [-0.4, -0.2) is 32.2 Å². The van der Waals surface area contributed by atoms with Crippen LogP contribution in [0.5, 0.6) is 0 Å². The van der Waals surface area contributed by atoms with Gasteiger partial charge in [0.05, 0.1) is 5.69 Å². The van der Waals surface area contributed by atoms with E-state index in [0.717, 1.165) is 29.1 Å². The van der Waals surface area contributed by atoms with Gasteiger partial charge < -0.3 is 10.2 Å². The SMILES string of the molecule is CNCCN(C)c1ccc(Br)c(C)n1. The monoisotopic (exact) mass is 257 g/mol. The van der Waals surface area contributed by atoms with Crippen molar-refractivity contribution in [2.45, 2.75) is 6.92 Å². The summed E-state index contributed by atoms with van der Waals surface area (Å²) in [7, 11) is 4.00. The van der Waals surface area contributed by atoms with Gasteiger partial charge in [-0.05, 0) is 42.0 Å². The molecule has 1 aromatic heterocycles. The second-order valence-corrected chi connectivity index (χ2v) is 4.12. The maximum absolute atomic E-state index is 4.48. The van der Waals surface area contributed by atoms with Gasteiger partial charge in [-0.3, -0.25) is 0 Å². The summed E-state index contributed by atoms with van der Waals surface area (Å²) in [6, 6.07) is 4.06. The molecular formula is C10H16BrN3. The van der Waals surface area contributed by atoms with Crippen LogP contribution in [0.3, 0.4) is 0 Å². The molecule has 1 N–H and O–H groups in total. The molecule has 0 aliphatic rings. The van der Waals surface area contributed by atoms with Crippen molar-refractivity contribution in [3.63, 3.8) is 0 Å². The van der Waals surface area contributed by atoms with Gasteiger partial charge in [-0.2, -0.15) is 0 Å². The first-order valence-corrected chi connectivity index (χ1v) is 5.43. The molecule has 0 atom stereocenters. The van der Waals surface area contributed by atoms with Crippen molar-refractivity contribution in [3.05, 3.63) is 22.3 Å². The van der Waals surface area contributed by atoms with E-state index in [4.69, 9.17) is 0 Å². The lowest BCUT2D eigenvalue weighted by atomic mass is 10.3. The average Bonchev–Trinajstić information content (AvgIpc) is 2.18. The number of rotatable bonds is 4. The fourth-order valence-electron chi connectivity index (χ4n) is 1.14. The summed E-state index contributed by atoms with van der Waals surface area (Å²) in [6.07, 6.45) is 0. The molecule has 1 heterocycles. The fraction of sp³-hybridized carbons (Fsp3) is 0.500. The Balaban J connectivity index is 2.70. The number of aromatic nitrogens is 1. The first-order chi connectivity index (χ1) is 6.65. The molecule has 78 valence electrons. The zero-order valence-electron chi connectivity index (χ0n) is 8.84. The van der Waals surface area contributed by atoms with Crippen LogP contribution in [0.4, 0.5) is 5.82 Å². The smallest absolute Gasteiger partial charge is 0.128 e. The second-order valence-electron chi connectivity index (χ2n) is 3.26. The molecule has 3 nitrogen and oxygen atoms in total. The molecule has 0 saturated heterocycles. The van der Waals surface area contributed by atoms with Gasteiger partial charge in [0.1, 0.15) is 5.82 Å². The van der Waals surface area contributed by atoms with Crippen LogP contribution >= 0.6 is 15.9 Å². The van der Waals surface area contributed by atoms with Crippen molar-refractivity contribution in [3.8, 4) is 0 Å². The molecule has 14 heavy (non-hydrogen) atoms. The lowest BCUT2D eigenvalue weighted by Gasteiger charge is -2.18. The minimum atomic E-state index is 0.963. The summed E-state index contributed by atoms with van der Waals surface area (Å²) in [5.41, 5.74) is 1.03. The van der Waals surface area contributed by atoms with Gasteiger partial charge in [0.2, 0.25) is 0 Å². The Labute approximate surface area is 93.7 Å². The minimum Gasteiger partial charge on any atom is -0.358 e. The van der Waals surface area contributed by atoms with Crippen molar-refractivity contribution in [1.82, 2.24) is 10.3 Å². The highest BCUT2D eigenvalue weighted by atomic mass is 79.9. The fourth-order valence-corrected chi connectivity index (χ4v) is 1.36. The predicted octanol–water partition coefficient (Wildman–Crippen LogP) is 1.81. The van der Waals surface area contributed by atoms with E-state index in [-0.39, 0.29) is 0 Å². The van der Waals surface area contributed by atoms with Gasteiger partial charge in [-0.25, -0.2) is 4.98 Å². The molecular weight excluding hydrogens is 242 g/mol. The van der Waals surface area contributed by atoms with Crippen molar-refractivity contribution >= 4 is 21.7 Å². The highest BCUT2D eigenvalue weighted by Gasteiger charge is 2.03. The normalized spacial score (nSPS) is 10.3. The Kier molecular flexibility index (Phi) is 4.35. The molecule has 1 aromatic rings. The molecule has 0 aliphatic heterocycles. The molecule has 0 unspecified atom stereocenters. The summed E-state index contributed by atoms with van der Waals surface area (Å²) in [5, 5.41) is 3.12. The summed E-state index contributed by atoms with van der Waals surface area (Å²) in [6.45, 7) is 3.93. The third kappa shape index (κ3) is 2.96. The van der Waals surface area contributed by atoms with E-state index in [0.29, 0.717) is 0 Å². The Hall–Kier alpha value is -0.610. The summed E-state index contributed by atoms with van der Waals surface area (Å²) < 4.78 is 1.06. The first kappa shape index (κ1) is 11.5. The van der Waals surface area contributed by atoms with E-state index in [9.17, 15) is 0 Å². The zero-order valence-corrected chi connectivity index (χ0v) is 10.4. The molecule has 0 aromatic carbocycles. The summed E-state index contributed by atoms with van der Waals surface area (Å²) in [5.74, 6) is 1.01.